The standard InChI is InChI=1S/C16H14ClN5O2/c1-20-14-9-21(8-10(14)7-18-20)16(24)13-6-15(23)22(19-13)12-4-2-11(17)3-5-12/h2-7,19H,8-9H2,1H3. The fraction of sp³-hybridized carbons (Fsp3) is 0.188. The summed E-state index contributed by atoms with van der Waals surface area (Å²) in [5.41, 5.74) is 2.64. The van der Waals surface area contributed by atoms with Gasteiger partial charge in [0.1, 0.15) is 5.69 Å². The molecule has 3 heterocycles. The number of nitrogens with one attached hydrogen (secondary N) is 1. The van der Waals surface area contributed by atoms with Gasteiger partial charge < -0.3 is 4.90 Å². The number of amides is 1. The summed E-state index contributed by atoms with van der Waals surface area (Å²) < 4.78 is 3.10. The minimum Gasteiger partial charge on any atom is -0.327 e. The lowest BCUT2D eigenvalue weighted by atomic mass is 10.3. The van der Waals surface area contributed by atoms with Crippen LogP contribution in [-0.4, -0.2) is 30.4 Å². The van der Waals surface area contributed by atoms with Crippen LogP contribution >= 0.6 is 11.6 Å². The average molecular weight is 344 g/mol. The average Bonchev–Trinajstić information content (AvgIpc) is 3.24. The molecule has 0 radical (unpaired) electrons. The van der Waals surface area contributed by atoms with Crippen LogP contribution in [0.5, 0.6) is 0 Å². The largest absolute Gasteiger partial charge is 0.327 e. The summed E-state index contributed by atoms with van der Waals surface area (Å²) >= 11 is 5.86. The van der Waals surface area contributed by atoms with Crippen molar-refractivity contribution in [3.63, 3.8) is 0 Å². The van der Waals surface area contributed by atoms with Gasteiger partial charge in [-0.3, -0.25) is 19.4 Å². The maximum atomic E-state index is 12.7. The second kappa shape index (κ2) is 5.38. The van der Waals surface area contributed by atoms with Crippen molar-refractivity contribution in [2.45, 2.75) is 13.1 Å². The highest BCUT2D eigenvalue weighted by molar-refractivity contribution is 6.30. The lowest BCUT2D eigenvalue weighted by Crippen LogP contribution is -2.26. The van der Waals surface area contributed by atoms with E-state index in [0.717, 1.165) is 11.3 Å². The van der Waals surface area contributed by atoms with Crippen molar-refractivity contribution in [1.82, 2.24) is 24.5 Å². The van der Waals surface area contributed by atoms with Crippen LogP contribution in [0.2, 0.25) is 5.02 Å². The van der Waals surface area contributed by atoms with Gasteiger partial charge in [-0.1, -0.05) is 11.6 Å². The lowest BCUT2D eigenvalue weighted by molar-refractivity contribution is 0.0742. The van der Waals surface area contributed by atoms with Crippen molar-refractivity contribution in [2.24, 2.45) is 7.05 Å². The molecule has 0 unspecified atom stereocenters. The molecule has 1 aliphatic heterocycles. The van der Waals surface area contributed by atoms with Crippen LogP contribution in [0.4, 0.5) is 0 Å². The van der Waals surface area contributed by atoms with E-state index in [0.29, 0.717) is 23.8 Å². The van der Waals surface area contributed by atoms with E-state index in [4.69, 9.17) is 11.6 Å². The topological polar surface area (TPSA) is 75.9 Å². The number of H-pyrrole nitrogens is 1. The monoisotopic (exact) mass is 343 g/mol. The zero-order valence-electron chi connectivity index (χ0n) is 12.9. The van der Waals surface area contributed by atoms with Crippen LogP contribution in [0.25, 0.3) is 5.69 Å². The van der Waals surface area contributed by atoms with Gasteiger partial charge >= 0.3 is 0 Å². The smallest absolute Gasteiger partial charge is 0.272 e. The van der Waals surface area contributed by atoms with E-state index < -0.39 is 0 Å². The number of rotatable bonds is 2. The van der Waals surface area contributed by atoms with Crippen molar-refractivity contribution in [3.8, 4) is 5.69 Å². The van der Waals surface area contributed by atoms with Crippen LogP contribution in [-0.2, 0) is 20.1 Å². The Balaban J connectivity index is 1.62. The quantitative estimate of drug-likeness (QED) is 0.769. The highest BCUT2D eigenvalue weighted by Crippen LogP contribution is 2.23. The third-order valence-electron chi connectivity index (χ3n) is 4.17. The number of carbonyl (C=O) groups is 1. The summed E-state index contributed by atoms with van der Waals surface area (Å²) in [6, 6.07) is 8.13. The van der Waals surface area contributed by atoms with E-state index in [-0.39, 0.29) is 17.2 Å². The first kappa shape index (κ1) is 14.8. The molecule has 0 saturated carbocycles. The Morgan fingerprint density at radius 2 is 2.00 bits per heavy atom. The van der Waals surface area contributed by atoms with Crippen molar-refractivity contribution in [3.05, 3.63) is 68.9 Å². The molecule has 7 nitrogen and oxygen atoms in total. The molecule has 1 N–H and O–H groups in total. The number of carbonyl (C=O) groups excluding carboxylic acids is 1. The highest BCUT2D eigenvalue weighted by atomic mass is 35.5. The Labute approximate surface area is 142 Å². The van der Waals surface area contributed by atoms with E-state index in [1.807, 2.05) is 7.05 Å². The number of fused-ring (bicyclic) bond motifs is 1. The van der Waals surface area contributed by atoms with Crippen molar-refractivity contribution in [2.75, 3.05) is 0 Å². The first-order chi connectivity index (χ1) is 11.5. The maximum Gasteiger partial charge on any atom is 0.272 e. The molecular weight excluding hydrogens is 330 g/mol. The Kier molecular flexibility index (Phi) is 3.31. The molecule has 0 atom stereocenters. The van der Waals surface area contributed by atoms with Crippen molar-refractivity contribution in [1.29, 1.82) is 0 Å². The van der Waals surface area contributed by atoms with E-state index in [1.54, 1.807) is 40.0 Å². The highest BCUT2D eigenvalue weighted by Gasteiger charge is 2.28. The summed E-state index contributed by atoms with van der Waals surface area (Å²) in [6.07, 6.45) is 1.77. The van der Waals surface area contributed by atoms with Crippen molar-refractivity contribution >= 4 is 17.5 Å². The number of benzene rings is 1. The molecule has 0 fully saturated rings. The van der Waals surface area contributed by atoms with Crippen LogP contribution in [0.15, 0.2) is 41.3 Å². The van der Waals surface area contributed by atoms with Crippen LogP contribution in [0, 0.1) is 0 Å². The van der Waals surface area contributed by atoms with Crippen LogP contribution < -0.4 is 5.56 Å². The van der Waals surface area contributed by atoms with Crippen LogP contribution in [0.3, 0.4) is 0 Å². The number of aryl methyl sites for hydroxylation is 1. The van der Waals surface area contributed by atoms with Gasteiger partial charge in [0, 0.05) is 30.2 Å². The Morgan fingerprint density at radius 1 is 1.25 bits per heavy atom. The second-order valence-corrected chi connectivity index (χ2v) is 6.16. The molecule has 24 heavy (non-hydrogen) atoms. The zero-order chi connectivity index (χ0) is 16.8. The molecule has 1 aromatic carbocycles. The molecular formula is C16H14ClN5O2. The summed E-state index contributed by atoms with van der Waals surface area (Å²) in [7, 11) is 1.85. The minimum atomic E-state index is -0.293. The third-order valence-corrected chi connectivity index (χ3v) is 4.42. The van der Waals surface area contributed by atoms with E-state index in [1.165, 1.54) is 10.7 Å². The van der Waals surface area contributed by atoms with Crippen molar-refractivity contribution < 1.29 is 4.79 Å². The van der Waals surface area contributed by atoms with E-state index in [2.05, 4.69) is 10.2 Å². The summed E-state index contributed by atoms with van der Waals surface area (Å²) in [6.45, 7) is 0.981. The zero-order valence-corrected chi connectivity index (χ0v) is 13.6. The minimum absolute atomic E-state index is 0.212. The number of nitrogens with zero attached hydrogens (tertiary/aromatic N) is 4. The number of aromatic nitrogens is 4. The molecule has 122 valence electrons. The molecule has 1 aliphatic rings. The molecule has 0 bridgehead atoms. The second-order valence-electron chi connectivity index (χ2n) is 5.72. The first-order valence-electron chi connectivity index (χ1n) is 7.40. The molecule has 4 rings (SSSR count). The van der Waals surface area contributed by atoms with E-state index >= 15 is 0 Å². The molecule has 1 amide bonds. The van der Waals surface area contributed by atoms with Gasteiger partial charge in [-0.2, -0.15) is 5.10 Å². The number of hydrogen-bond acceptors (Lipinski definition) is 3. The summed E-state index contributed by atoms with van der Waals surface area (Å²) in [5.74, 6) is -0.212. The van der Waals surface area contributed by atoms with Gasteiger partial charge in [-0.25, -0.2) is 4.68 Å². The predicted octanol–water partition coefficient (Wildman–Crippen LogP) is 1.71. The number of aromatic amines is 1. The third kappa shape index (κ3) is 2.33. The SMILES string of the molecule is Cn1ncc2c1CN(C(=O)c1cc(=O)n(-c3ccc(Cl)cc3)[nH]1)C2. The van der Waals surface area contributed by atoms with Crippen LogP contribution in [0.1, 0.15) is 21.7 Å². The summed E-state index contributed by atoms with van der Waals surface area (Å²) in [5, 5.41) is 7.63. The Morgan fingerprint density at radius 3 is 2.71 bits per heavy atom. The maximum absolute atomic E-state index is 12.7. The van der Waals surface area contributed by atoms with Gasteiger partial charge in [0.25, 0.3) is 11.5 Å². The first-order valence-corrected chi connectivity index (χ1v) is 7.78. The molecule has 0 saturated heterocycles. The number of halogens is 1. The normalized spacial score (nSPS) is 13.3. The molecule has 8 heteroatoms. The van der Waals surface area contributed by atoms with Gasteiger partial charge in [-0.05, 0) is 24.3 Å². The fourth-order valence-electron chi connectivity index (χ4n) is 2.89. The predicted molar refractivity (Wildman–Crippen MR) is 88.2 cm³/mol. The molecule has 0 aliphatic carbocycles. The van der Waals surface area contributed by atoms with Gasteiger partial charge in [0.2, 0.25) is 0 Å². The summed E-state index contributed by atoms with van der Waals surface area (Å²) in [4.78, 5) is 26.5. The van der Waals surface area contributed by atoms with E-state index in [9.17, 15) is 9.59 Å². The van der Waals surface area contributed by atoms with Gasteiger partial charge in [-0.15, -0.1) is 0 Å². The number of hydrogen-bond donors (Lipinski definition) is 1. The molecule has 0 spiro atoms. The lowest BCUT2D eigenvalue weighted by Gasteiger charge is -2.14. The fourth-order valence-corrected chi connectivity index (χ4v) is 3.01. The molecule has 3 aromatic rings. The molecule has 2 aromatic heterocycles. The van der Waals surface area contributed by atoms with Gasteiger partial charge in [0.05, 0.1) is 24.1 Å². The Hall–Kier alpha value is -2.80. The van der Waals surface area contributed by atoms with Gasteiger partial charge in [0.15, 0.2) is 0 Å². The Bertz CT molecular complexity index is 983.